The summed E-state index contributed by atoms with van der Waals surface area (Å²) in [7, 11) is 0. The molecule has 4 rings (SSSR count). The van der Waals surface area contributed by atoms with E-state index in [4.69, 9.17) is 14.6 Å². The zero-order chi connectivity index (χ0) is 21.8. The molecule has 2 N–H and O–H groups in total. The second kappa shape index (κ2) is 8.83. The van der Waals surface area contributed by atoms with Gasteiger partial charge in [0, 0.05) is 10.8 Å². The fourth-order valence-corrected chi connectivity index (χ4v) is 3.94. The number of aliphatic carboxylic acids is 1. The minimum absolute atomic E-state index is 0.0216. The first-order valence-corrected chi connectivity index (χ1v) is 10.4. The van der Waals surface area contributed by atoms with Crippen LogP contribution in [0.15, 0.2) is 48.7 Å². The van der Waals surface area contributed by atoms with Gasteiger partial charge in [0.05, 0.1) is 37.3 Å². The molecule has 1 aliphatic rings. The van der Waals surface area contributed by atoms with E-state index in [2.05, 4.69) is 41.1 Å². The van der Waals surface area contributed by atoms with Crippen LogP contribution in [-0.4, -0.2) is 34.5 Å². The first kappa shape index (κ1) is 21.0. The summed E-state index contributed by atoms with van der Waals surface area (Å²) >= 11 is 0. The van der Waals surface area contributed by atoms with Crippen molar-refractivity contribution in [2.45, 2.75) is 38.7 Å². The van der Waals surface area contributed by atoms with Crippen molar-refractivity contribution in [1.29, 1.82) is 0 Å². The van der Waals surface area contributed by atoms with E-state index in [0.717, 1.165) is 47.4 Å². The number of H-pyrrole nitrogens is 1. The molecular weight excluding hydrogens is 392 g/mol. The number of aromatic nitrogens is 2. The van der Waals surface area contributed by atoms with Crippen molar-refractivity contribution in [2.75, 3.05) is 13.2 Å². The van der Waals surface area contributed by atoms with Crippen LogP contribution in [0.1, 0.15) is 49.8 Å². The van der Waals surface area contributed by atoms with Crippen LogP contribution in [0.4, 0.5) is 0 Å². The lowest BCUT2D eigenvalue weighted by atomic mass is 9.81. The normalized spacial score (nSPS) is 16.6. The third kappa shape index (κ3) is 4.89. The Hall–Kier alpha value is -3.30. The molecule has 0 bridgehead atoms. The van der Waals surface area contributed by atoms with Gasteiger partial charge < -0.3 is 14.6 Å². The van der Waals surface area contributed by atoms with E-state index >= 15 is 0 Å². The molecule has 6 heteroatoms. The highest BCUT2D eigenvalue weighted by Crippen LogP contribution is 2.39. The maximum atomic E-state index is 11.2. The van der Waals surface area contributed by atoms with Gasteiger partial charge in [-0.2, -0.15) is 5.10 Å². The average Bonchev–Trinajstić information content (AvgIpc) is 3.20. The number of hydrogen-bond acceptors (Lipinski definition) is 4. The minimum Gasteiger partial charge on any atom is -0.486 e. The summed E-state index contributed by atoms with van der Waals surface area (Å²) < 4.78 is 11.9. The Kier molecular flexibility index (Phi) is 5.97. The Balaban J connectivity index is 1.57. The molecule has 6 nitrogen and oxygen atoms in total. The lowest BCUT2D eigenvalue weighted by Crippen LogP contribution is -2.41. The molecule has 0 radical (unpaired) electrons. The molecule has 1 aliphatic heterocycles. The van der Waals surface area contributed by atoms with Gasteiger partial charge in [-0.3, -0.25) is 9.89 Å². The number of carboxylic acids is 1. The van der Waals surface area contributed by atoms with E-state index in [-0.39, 0.29) is 23.9 Å². The van der Waals surface area contributed by atoms with Gasteiger partial charge in [-0.15, -0.1) is 5.92 Å². The highest BCUT2D eigenvalue weighted by atomic mass is 16.5. The standard InChI is InChI=1S/C25H26N2O4/c1-3-4-18(12-24(28)29)17-7-9-21(10-8-17)31-23(13-25(2)15-30-16-25)19-5-6-20-14-26-27-22(20)11-19/h5-11,14,18,23H,12-13,15-16H2,1-2H3,(H,26,27)(H,28,29). The highest BCUT2D eigenvalue weighted by molar-refractivity contribution is 5.78. The number of nitrogens with zero attached hydrogens (tertiary/aromatic N) is 1. The van der Waals surface area contributed by atoms with Crippen LogP contribution in [0.5, 0.6) is 5.75 Å². The molecule has 2 atom stereocenters. The van der Waals surface area contributed by atoms with Crippen LogP contribution in [0.2, 0.25) is 0 Å². The maximum absolute atomic E-state index is 11.2. The Bertz CT molecular complexity index is 1120. The van der Waals surface area contributed by atoms with Crippen LogP contribution in [0.25, 0.3) is 10.9 Å². The molecule has 2 unspecified atom stereocenters. The number of benzene rings is 2. The Labute approximate surface area is 181 Å². The minimum atomic E-state index is -0.863. The summed E-state index contributed by atoms with van der Waals surface area (Å²) in [6.07, 6.45) is 2.48. The van der Waals surface area contributed by atoms with Crippen molar-refractivity contribution in [3.05, 3.63) is 59.8 Å². The molecule has 0 amide bonds. The van der Waals surface area contributed by atoms with Crippen molar-refractivity contribution >= 4 is 16.9 Å². The van der Waals surface area contributed by atoms with Gasteiger partial charge in [-0.25, -0.2) is 0 Å². The van der Waals surface area contributed by atoms with Crippen molar-refractivity contribution in [1.82, 2.24) is 10.2 Å². The largest absolute Gasteiger partial charge is 0.486 e. The van der Waals surface area contributed by atoms with E-state index in [9.17, 15) is 4.79 Å². The molecule has 3 aromatic rings. The lowest BCUT2D eigenvalue weighted by Gasteiger charge is -2.40. The maximum Gasteiger partial charge on any atom is 0.304 e. The zero-order valence-electron chi connectivity index (χ0n) is 17.7. The van der Waals surface area contributed by atoms with Gasteiger partial charge in [-0.1, -0.05) is 37.1 Å². The molecule has 1 fully saturated rings. The van der Waals surface area contributed by atoms with Gasteiger partial charge in [0.2, 0.25) is 0 Å². The monoisotopic (exact) mass is 418 g/mol. The molecule has 160 valence electrons. The van der Waals surface area contributed by atoms with E-state index in [1.165, 1.54) is 0 Å². The summed E-state index contributed by atoms with van der Waals surface area (Å²) in [6, 6.07) is 13.8. The van der Waals surface area contributed by atoms with Gasteiger partial charge in [0.15, 0.2) is 0 Å². The SMILES string of the molecule is CC#CC(CC(=O)O)c1ccc(OC(CC2(C)COC2)c2ccc3cn[nH]c3c2)cc1. The molecule has 2 aromatic carbocycles. The van der Waals surface area contributed by atoms with E-state index in [1.54, 1.807) is 6.92 Å². The van der Waals surface area contributed by atoms with Gasteiger partial charge in [0.25, 0.3) is 0 Å². The first-order valence-electron chi connectivity index (χ1n) is 10.4. The third-order valence-corrected chi connectivity index (χ3v) is 5.68. The van der Waals surface area contributed by atoms with Crippen molar-refractivity contribution in [2.24, 2.45) is 5.41 Å². The van der Waals surface area contributed by atoms with E-state index in [1.807, 2.05) is 36.5 Å². The molecule has 0 saturated carbocycles. The number of carboxylic acid groups (broad SMARTS) is 1. The fourth-order valence-electron chi connectivity index (χ4n) is 3.94. The van der Waals surface area contributed by atoms with Crippen molar-refractivity contribution in [3.63, 3.8) is 0 Å². The molecule has 31 heavy (non-hydrogen) atoms. The Morgan fingerprint density at radius 3 is 2.65 bits per heavy atom. The molecule has 1 saturated heterocycles. The van der Waals surface area contributed by atoms with E-state index in [0.29, 0.717) is 0 Å². The van der Waals surface area contributed by atoms with Crippen LogP contribution in [0.3, 0.4) is 0 Å². The highest BCUT2D eigenvalue weighted by Gasteiger charge is 2.37. The predicted octanol–water partition coefficient (Wildman–Crippen LogP) is 4.69. The van der Waals surface area contributed by atoms with Gasteiger partial charge >= 0.3 is 5.97 Å². The molecular formula is C25H26N2O4. The summed E-state index contributed by atoms with van der Waals surface area (Å²) in [4.78, 5) is 11.2. The van der Waals surface area contributed by atoms with Crippen molar-refractivity contribution in [3.8, 4) is 17.6 Å². The lowest BCUT2D eigenvalue weighted by molar-refractivity contribution is -0.137. The second-order valence-electron chi connectivity index (χ2n) is 8.44. The quantitative estimate of drug-likeness (QED) is 0.519. The van der Waals surface area contributed by atoms with Gasteiger partial charge in [-0.05, 0) is 42.7 Å². The van der Waals surface area contributed by atoms with Crippen LogP contribution >= 0.6 is 0 Å². The summed E-state index contributed by atoms with van der Waals surface area (Å²) in [5.41, 5.74) is 3.01. The number of aromatic amines is 1. The Morgan fingerprint density at radius 2 is 2.00 bits per heavy atom. The number of nitrogens with one attached hydrogen (secondary N) is 1. The van der Waals surface area contributed by atoms with Crippen LogP contribution in [0, 0.1) is 17.3 Å². The second-order valence-corrected chi connectivity index (χ2v) is 8.44. The zero-order valence-corrected chi connectivity index (χ0v) is 17.7. The molecule has 0 spiro atoms. The number of carbonyl (C=O) groups is 1. The number of ether oxygens (including phenoxy) is 2. The summed E-state index contributed by atoms with van der Waals surface area (Å²) in [6.45, 7) is 5.39. The third-order valence-electron chi connectivity index (χ3n) is 5.68. The van der Waals surface area contributed by atoms with Crippen LogP contribution < -0.4 is 4.74 Å². The predicted molar refractivity (Wildman–Crippen MR) is 118 cm³/mol. The van der Waals surface area contributed by atoms with E-state index < -0.39 is 5.97 Å². The van der Waals surface area contributed by atoms with Crippen LogP contribution in [-0.2, 0) is 9.53 Å². The first-order chi connectivity index (χ1) is 15.0. The molecule has 2 heterocycles. The summed E-state index contributed by atoms with van der Waals surface area (Å²) in [5, 5.41) is 17.4. The van der Waals surface area contributed by atoms with Crippen molar-refractivity contribution < 1.29 is 19.4 Å². The number of fused-ring (bicyclic) bond motifs is 1. The topological polar surface area (TPSA) is 84.4 Å². The number of rotatable bonds is 8. The van der Waals surface area contributed by atoms with Gasteiger partial charge in [0.1, 0.15) is 11.9 Å². The molecule has 1 aromatic heterocycles. The fraction of sp³-hybridized carbons (Fsp3) is 0.360. The molecule has 0 aliphatic carbocycles. The Morgan fingerprint density at radius 1 is 1.26 bits per heavy atom. The smallest absolute Gasteiger partial charge is 0.304 e. The average molecular weight is 418 g/mol. The summed E-state index contributed by atoms with van der Waals surface area (Å²) in [5.74, 6) is 5.35. The number of hydrogen-bond donors (Lipinski definition) is 2.